The van der Waals surface area contributed by atoms with Crippen molar-refractivity contribution in [3.63, 3.8) is 0 Å². The molecule has 0 saturated carbocycles. The highest BCUT2D eigenvalue weighted by Crippen LogP contribution is 2.24. The lowest BCUT2D eigenvalue weighted by molar-refractivity contribution is 0.384. The molecule has 1 saturated heterocycles. The molecule has 0 atom stereocenters. The summed E-state index contributed by atoms with van der Waals surface area (Å²) >= 11 is 0. The highest BCUT2D eigenvalue weighted by molar-refractivity contribution is 7.89. The molecule has 3 heterocycles. The second kappa shape index (κ2) is 7.18. The maximum Gasteiger partial charge on any atom is 0.243 e. The van der Waals surface area contributed by atoms with Gasteiger partial charge in [0.25, 0.3) is 0 Å². The van der Waals surface area contributed by atoms with E-state index in [-0.39, 0.29) is 0 Å². The maximum atomic E-state index is 13.0. The zero-order valence-electron chi connectivity index (χ0n) is 16.4. The van der Waals surface area contributed by atoms with Crippen molar-refractivity contribution in [1.29, 1.82) is 0 Å². The van der Waals surface area contributed by atoms with Gasteiger partial charge in [-0.25, -0.2) is 17.9 Å². The third kappa shape index (κ3) is 3.38. The summed E-state index contributed by atoms with van der Waals surface area (Å²) in [7, 11) is -3.48. The number of anilines is 1. The Hall–Kier alpha value is -2.45. The Morgan fingerprint density at radius 1 is 1.04 bits per heavy atom. The molecule has 3 aromatic rings. The van der Waals surface area contributed by atoms with Crippen LogP contribution in [0, 0.1) is 6.92 Å². The Bertz CT molecular complexity index is 1080. The number of fused-ring (bicyclic) bond motifs is 1. The van der Waals surface area contributed by atoms with Gasteiger partial charge in [-0.1, -0.05) is 26.0 Å². The minimum atomic E-state index is -3.48. The van der Waals surface area contributed by atoms with Gasteiger partial charge in [0.2, 0.25) is 10.0 Å². The number of sulfonamides is 1. The van der Waals surface area contributed by atoms with E-state index < -0.39 is 10.0 Å². The SMILES string of the molecule is Cc1cc2c(N3CCN(S(=O)(=O)c4ccc(C(C)C)cc4)CC3)nccn2n1. The Balaban J connectivity index is 1.51. The molecule has 8 heteroatoms. The molecular formula is C20H25N5O2S. The number of aryl methyl sites for hydroxylation is 1. The van der Waals surface area contributed by atoms with E-state index in [1.807, 2.05) is 35.8 Å². The first kappa shape index (κ1) is 18.9. The Morgan fingerprint density at radius 3 is 2.36 bits per heavy atom. The molecule has 0 aliphatic carbocycles. The van der Waals surface area contributed by atoms with E-state index in [4.69, 9.17) is 0 Å². The number of rotatable bonds is 4. The van der Waals surface area contributed by atoms with Crippen LogP contribution in [0.25, 0.3) is 5.52 Å². The van der Waals surface area contributed by atoms with Crippen molar-refractivity contribution >= 4 is 21.4 Å². The summed E-state index contributed by atoms with van der Waals surface area (Å²) in [6.07, 6.45) is 3.56. The third-order valence-electron chi connectivity index (χ3n) is 5.21. The summed E-state index contributed by atoms with van der Waals surface area (Å²) in [4.78, 5) is 7.00. The number of hydrogen-bond donors (Lipinski definition) is 0. The molecule has 0 N–H and O–H groups in total. The third-order valence-corrected chi connectivity index (χ3v) is 7.13. The van der Waals surface area contributed by atoms with Gasteiger partial charge >= 0.3 is 0 Å². The molecule has 0 unspecified atom stereocenters. The van der Waals surface area contributed by atoms with Crippen molar-refractivity contribution in [1.82, 2.24) is 18.9 Å². The molecule has 0 amide bonds. The number of nitrogens with zero attached hydrogens (tertiary/aromatic N) is 5. The lowest BCUT2D eigenvalue weighted by Gasteiger charge is -2.34. The second-order valence-electron chi connectivity index (χ2n) is 7.48. The first-order valence-corrected chi connectivity index (χ1v) is 11.0. The number of hydrogen-bond acceptors (Lipinski definition) is 5. The Morgan fingerprint density at radius 2 is 1.71 bits per heavy atom. The fraction of sp³-hybridized carbons (Fsp3) is 0.400. The number of benzene rings is 1. The highest BCUT2D eigenvalue weighted by atomic mass is 32.2. The van der Waals surface area contributed by atoms with Gasteiger partial charge in [-0.3, -0.25) is 0 Å². The normalized spacial score (nSPS) is 16.2. The van der Waals surface area contributed by atoms with Crippen LogP contribution in [0.2, 0.25) is 0 Å². The van der Waals surface area contributed by atoms with Crippen molar-refractivity contribution < 1.29 is 8.42 Å². The van der Waals surface area contributed by atoms with E-state index in [1.54, 1.807) is 22.6 Å². The van der Waals surface area contributed by atoms with Crippen LogP contribution < -0.4 is 4.90 Å². The monoisotopic (exact) mass is 399 g/mol. The van der Waals surface area contributed by atoms with Gasteiger partial charge < -0.3 is 4.90 Å². The van der Waals surface area contributed by atoms with Crippen LogP contribution in [-0.2, 0) is 10.0 Å². The zero-order valence-corrected chi connectivity index (χ0v) is 17.2. The van der Waals surface area contributed by atoms with E-state index in [1.165, 1.54) is 0 Å². The van der Waals surface area contributed by atoms with E-state index in [0.717, 1.165) is 22.6 Å². The van der Waals surface area contributed by atoms with Gasteiger partial charge in [-0.2, -0.15) is 9.40 Å². The molecule has 1 aromatic carbocycles. The quantitative estimate of drug-likeness (QED) is 0.675. The molecule has 0 radical (unpaired) electrons. The summed E-state index contributed by atoms with van der Waals surface area (Å²) in [6.45, 7) is 8.21. The predicted octanol–water partition coefficient (Wildman–Crippen LogP) is 2.67. The van der Waals surface area contributed by atoms with E-state index in [9.17, 15) is 8.42 Å². The lowest BCUT2D eigenvalue weighted by atomic mass is 10.0. The fourth-order valence-electron chi connectivity index (χ4n) is 3.59. The maximum absolute atomic E-state index is 13.0. The Labute approximate surface area is 165 Å². The fourth-order valence-corrected chi connectivity index (χ4v) is 5.01. The van der Waals surface area contributed by atoms with Gasteiger partial charge in [0.15, 0.2) is 5.82 Å². The summed E-state index contributed by atoms with van der Waals surface area (Å²) in [5.74, 6) is 1.23. The average Bonchev–Trinajstić information content (AvgIpc) is 3.08. The van der Waals surface area contributed by atoms with Gasteiger partial charge in [0.1, 0.15) is 5.52 Å². The van der Waals surface area contributed by atoms with Crippen molar-refractivity contribution in [2.45, 2.75) is 31.6 Å². The minimum Gasteiger partial charge on any atom is -0.352 e. The average molecular weight is 400 g/mol. The minimum absolute atomic E-state index is 0.358. The summed E-state index contributed by atoms with van der Waals surface area (Å²) in [5, 5.41) is 4.43. The van der Waals surface area contributed by atoms with Crippen molar-refractivity contribution in [3.8, 4) is 0 Å². The standard InChI is InChI=1S/C20H25N5O2S/c1-15(2)17-4-6-18(7-5-17)28(26,27)24-12-10-23(11-13-24)20-19-14-16(3)22-25(19)9-8-21-20/h4-9,14-15H,10-13H2,1-3H3. The zero-order chi connectivity index (χ0) is 19.9. The van der Waals surface area contributed by atoms with Crippen molar-refractivity contribution in [3.05, 3.63) is 54.0 Å². The van der Waals surface area contributed by atoms with E-state index in [2.05, 4.69) is 28.8 Å². The van der Waals surface area contributed by atoms with Crippen LogP contribution in [0.15, 0.2) is 47.6 Å². The molecule has 1 aliphatic heterocycles. The molecule has 1 fully saturated rings. The molecule has 4 rings (SSSR count). The molecule has 28 heavy (non-hydrogen) atoms. The number of piperazine rings is 1. The Kier molecular flexibility index (Phi) is 4.84. The molecule has 0 bridgehead atoms. The summed E-state index contributed by atoms with van der Waals surface area (Å²) in [5.41, 5.74) is 3.01. The second-order valence-corrected chi connectivity index (χ2v) is 9.42. The first-order chi connectivity index (χ1) is 13.4. The molecule has 7 nitrogen and oxygen atoms in total. The highest BCUT2D eigenvalue weighted by Gasteiger charge is 2.29. The molecular weight excluding hydrogens is 374 g/mol. The largest absolute Gasteiger partial charge is 0.352 e. The van der Waals surface area contributed by atoms with Crippen molar-refractivity contribution in [2.75, 3.05) is 31.1 Å². The smallest absolute Gasteiger partial charge is 0.243 e. The summed E-state index contributed by atoms with van der Waals surface area (Å²) < 4.78 is 29.4. The van der Waals surface area contributed by atoms with Crippen LogP contribution >= 0.6 is 0 Å². The van der Waals surface area contributed by atoms with Crippen LogP contribution in [0.3, 0.4) is 0 Å². The van der Waals surface area contributed by atoms with E-state index in [0.29, 0.717) is 37.0 Å². The van der Waals surface area contributed by atoms with Crippen LogP contribution in [-0.4, -0.2) is 53.5 Å². The molecule has 2 aromatic heterocycles. The van der Waals surface area contributed by atoms with Crippen LogP contribution in [0.4, 0.5) is 5.82 Å². The van der Waals surface area contributed by atoms with Crippen LogP contribution in [0.5, 0.6) is 0 Å². The predicted molar refractivity (Wildman–Crippen MR) is 109 cm³/mol. The first-order valence-electron chi connectivity index (χ1n) is 9.52. The van der Waals surface area contributed by atoms with Gasteiger partial charge in [0.05, 0.1) is 10.6 Å². The van der Waals surface area contributed by atoms with E-state index >= 15 is 0 Å². The van der Waals surface area contributed by atoms with Crippen LogP contribution in [0.1, 0.15) is 31.0 Å². The molecule has 0 spiro atoms. The van der Waals surface area contributed by atoms with Gasteiger partial charge in [-0.05, 0) is 36.6 Å². The van der Waals surface area contributed by atoms with Gasteiger partial charge in [-0.15, -0.1) is 0 Å². The van der Waals surface area contributed by atoms with Crippen molar-refractivity contribution in [2.24, 2.45) is 0 Å². The molecule has 1 aliphatic rings. The lowest BCUT2D eigenvalue weighted by Crippen LogP contribution is -2.49. The van der Waals surface area contributed by atoms with Gasteiger partial charge in [0, 0.05) is 38.6 Å². The number of aromatic nitrogens is 3. The summed E-state index contributed by atoms with van der Waals surface area (Å²) in [6, 6.07) is 9.24. The molecule has 148 valence electrons. The topological polar surface area (TPSA) is 70.8 Å².